The molecule has 0 aliphatic heterocycles. The van der Waals surface area contributed by atoms with E-state index in [1.807, 2.05) is 0 Å². The van der Waals surface area contributed by atoms with E-state index in [0.717, 1.165) is 0 Å². The molecule has 0 amide bonds. The minimum Gasteiger partial charge on any atom is -0.299 e. The largest absolute Gasteiger partial charge is 2.00 e. The number of ketones is 4. The van der Waals surface area contributed by atoms with E-state index >= 15 is 0 Å². The number of hydrogen-bond donors (Lipinski definition) is 0. The van der Waals surface area contributed by atoms with Gasteiger partial charge in [-0.2, -0.15) is 61.5 Å². The topological polar surface area (TPSA) is 68.3 Å². The predicted molar refractivity (Wildman–Crippen MR) is 106 cm³/mol. The maximum Gasteiger partial charge on any atom is 2.00 e. The molecular weight excluding hydrogens is 708 g/mol. The summed E-state index contributed by atoms with van der Waals surface area (Å²) in [4.78, 5) is 44.2. The molecule has 0 aliphatic carbocycles. The number of hydrogen-bond acceptors (Lipinski definition) is 4. The summed E-state index contributed by atoms with van der Waals surface area (Å²) in [5.74, 6) is -32.8. The Morgan fingerprint density at radius 3 is 0.718 bits per heavy atom. The van der Waals surface area contributed by atoms with Crippen LogP contribution in [0.5, 0.6) is 0 Å². The molecule has 19 heteroatoms. The number of carbonyl (C=O) groups excluding carboxylic acids is 4. The van der Waals surface area contributed by atoms with E-state index in [2.05, 4.69) is 0 Å². The quantitative estimate of drug-likeness (QED) is 0.165. The molecule has 0 bridgehead atoms. The zero-order valence-corrected chi connectivity index (χ0v) is 25.5. The smallest absolute Gasteiger partial charge is 0.299 e. The van der Waals surface area contributed by atoms with Gasteiger partial charge in [0.15, 0.2) is 0 Å². The Morgan fingerprint density at radius 1 is 0.410 bits per heavy atom. The van der Waals surface area contributed by atoms with E-state index in [0.29, 0.717) is 0 Å². The summed E-state index contributed by atoms with van der Waals surface area (Å²) < 4.78 is 172. The van der Waals surface area contributed by atoms with Gasteiger partial charge in [0.05, 0.1) is 12.8 Å². The van der Waals surface area contributed by atoms with Gasteiger partial charge in [-0.15, -0.1) is 0 Å². The Hall–Kier alpha value is -0.729. The molecule has 0 spiro atoms. The van der Waals surface area contributed by atoms with Crippen LogP contribution in [-0.2, 0) is 19.2 Å². The van der Waals surface area contributed by atoms with Gasteiger partial charge in [-0.25, -0.2) is 0 Å². The van der Waals surface area contributed by atoms with Gasteiger partial charge < -0.3 is 0 Å². The van der Waals surface area contributed by atoms with Crippen molar-refractivity contribution in [3.8, 4) is 0 Å². The fourth-order valence-corrected chi connectivity index (χ4v) is 1.75. The third-order valence-corrected chi connectivity index (χ3v) is 4.52. The molecule has 0 heterocycles. The standard InChI is InChI=1S/2C10H11F7O2.Ba/c2*1-7(2,3)5(18)4-6(19)8(11,12)9(13,14)10(15,16)17;/h2*4H2,1-3H3;/q;;+2. The van der Waals surface area contributed by atoms with Crippen molar-refractivity contribution in [3.05, 3.63) is 0 Å². The second-order valence-electron chi connectivity index (χ2n) is 9.84. The third kappa shape index (κ3) is 10.2. The molecule has 0 N–H and O–H groups in total. The van der Waals surface area contributed by atoms with E-state index in [-0.39, 0.29) is 48.9 Å². The second kappa shape index (κ2) is 13.1. The van der Waals surface area contributed by atoms with E-state index in [1.165, 1.54) is 41.5 Å². The van der Waals surface area contributed by atoms with Gasteiger partial charge in [-0.3, -0.25) is 19.2 Å². The summed E-state index contributed by atoms with van der Waals surface area (Å²) in [5.41, 5.74) is -2.61. The van der Waals surface area contributed by atoms with Crippen LogP contribution in [0.3, 0.4) is 0 Å². The monoisotopic (exact) mass is 730 g/mol. The molecule has 0 unspecified atom stereocenters. The molecule has 0 aromatic carbocycles. The Kier molecular flexibility index (Phi) is 14.3. The van der Waals surface area contributed by atoms with Gasteiger partial charge in [-0.05, 0) is 0 Å². The molecule has 0 aromatic heterocycles. The molecule has 0 atom stereocenters. The molecule has 4 nitrogen and oxygen atoms in total. The first kappa shape index (κ1) is 42.7. The van der Waals surface area contributed by atoms with Crippen LogP contribution in [0.15, 0.2) is 0 Å². The Morgan fingerprint density at radius 2 is 0.590 bits per heavy atom. The summed E-state index contributed by atoms with van der Waals surface area (Å²) in [6.07, 6.45) is -16.6. The van der Waals surface area contributed by atoms with Crippen LogP contribution in [0.25, 0.3) is 0 Å². The molecule has 0 aromatic rings. The maximum absolute atomic E-state index is 12.9. The number of alkyl halides is 14. The van der Waals surface area contributed by atoms with Gasteiger partial charge in [0, 0.05) is 10.8 Å². The van der Waals surface area contributed by atoms with Gasteiger partial charge in [0.1, 0.15) is 11.6 Å². The molecule has 39 heavy (non-hydrogen) atoms. The van der Waals surface area contributed by atoms with Crippen LogP contribution in [-0.4, -0.2) is 108 Å². The average Bonchev–Trinajstić information content (AvgIpc) is 2.64. The maximum atomic E-state index is 12.9. The van der Waals surface area contributed by atoms with E-state index < -0.39 is 82.8 Å². The first-order valence-electron chi connectivity index (χ1n) is 9.88. The van der Waals surface area contributed by atoms with Crippen molar-refractivity contribution in [2.75, 3.05) is 0 Å². The van der Waals surface area contributed by atoms with Crippen molar-refractivity contribution in [3.63, 3.8) is 0 Å². The van der Waals surface area contributed by atoms with Crippen LogP contribution in [0.1, 0.15) is 54.4 Å². The van der Waals surface area contributed by atoms with Gasteiger partial charge >= 0.3 is 84.9 Å². The predicted octanol–water partition coefficient (Wildman–Crippen LogP) is 6.41. The fraction of sp³-hybridized carbons (Fsp3) is 0.800. The molecular formula is C20H22BaF14O4+2. The Bertz CT molecular complexity index is 833. The molecule has 0 fully saturated rings. The summed E-state index contributed by atoms with van der Waals surface area (Å²) in [7, 11) is 0. The number of halogens is 14. The molecule has 224 valence electrons. The molecule has 0 aliphatic rings. The zero-order chi connectivity index (χ0) is 31.7. The Labute approximate surface area is 252 Å². The van der Waals surface area contributed by atoms with Crippen molar-refractivity contribution in [2.45, 2.75) is 90.4 Å². The van der Waals surface area contributed by atoms with Crippen molar-refractivity contribution in [2.24, 2.45) is 10.8 Å². The van der Waals surface area contributed by atoms with Gasteiger partial charge in [0.2, 0.25) is 11.6 Å². The first-order chi connectivity index (χ1) is 16.1. The summed E-state index contributed by atoms with van der Waals surface area (Å²) in [6, 6.07) is 0. The van der Waals surface area contributed by atoms with Crippen LogP contribution in [0.4, 0.5) is 61.5 Å². The van der Waals surface area contributed by atoms with E-state index in [9.17, 15) is 80.6 Å². The first-order valence-corrected chi connectivity index (χ1v) is 9.88. The van der Waals surface area contributed by atoms with E-state index in [4.69, 9.17) is 0 Å². The average molecular weight is 730 g/mol. The van der Waals surface area contributed by atoms with Crippen molar-refractivity contribution >= 4 is 72.0 Å². The van der Waals surface area contributed by atoms with E-state index in [1.54, 1.807) is 0 Å². The van der Waals surface area contributed by atoms with Crippen LogP contribution < -0.4 is 0 Å². The minimum atomic E-state index is -6.59. The van der Waals surface area contributed by atoms with Gasteiger partial charge in [0.25, 0.3) is 0 Å². The second-order valence-corrected chi connectivity index (χ2v) is 9.84. The summed E-state index contributed by atoms with van der Waals surface area (Å²) in [5, 5.41) is 0. The number of Topliss-reactive ketones (excluding diaryl/α,β-unsaturated/α-hetero) is 4. The molecule has 0 rings (SSSR count). The van der Waals surface area contributed by atoms with Crippen LogP contribution >= 0.6 is 0 Å². The SMILES string of the molecule is CC(C)(C)C(=O)CC(=O)C(F)(F)C(F)(F)C(F)(F)F.CC(C)(C)C(=O)CC(=O)C(F)(F)C(F)(F)C(F)(F)F.[Ba+2]. The van der Waals surface area contributed by atoms with Crippen molar-refractivity contribution < 1.29 is 80.6 Å². The van der Waals surface area contributed by atoms with Gasteiger partial charge in [-0.1, -0.05) is 41.5 Å². The molecule has 0 saturated carbocycles. The third-order valence-electron chi connectivity index (χ3n) is 4.52. The number of carbonyl (C=O) groups is 4. The zero-order valence-electron chi connectivity index (χ0n) is 21.0. The summed E-state index contributed by atoms with van der Waals surface area (Å²) in [6.45, 7) is 7.27. The molecule has 0 radical (unpaired) electrons. The van der Waals surface area contributed by atoms with Crippen LogP contribution in [0, 0.1) is 10.8 Å². The van der Waals surface area contributed by atoms with Crippen molar-refractivity contribution in [1.82, 2.24) is 0 Å². The minimum absolute atomic E-state index is 0. The normalized spacial score (nSPS) is 14.1. The Balaban J connectivity index is -0.000000648. The fourth-order valence-electron chi connectivity index (χ4n) is 1.75. The van der Waals surface area contributed by atoms with Crippen molar-refractivity contribution in [1.29, 1.82) is 0 Å². The van der Waals surface area contributed by atoms with Crippen LogP contribution in [0.2, 0.25) is 0 Å². The number of rotatable bonds is 8. The summed E-state index contributed by atoms with van der Waals surface area (Å²) >= 11 is 0. The molecule has 0 saturated heterocycles.